The molecule has 0 fully saturated rings. The molecular weight excluding hydrogens is 306 g/mol. The maximum absolute atomic E-state index is 11.7. The lowest BCUT2D eigenvalue weighted by atomic mass is 10.0. The van der Waals surface area contributed by atoms with Crippen LogP contribution in [0, 0.1) is 0 Å². The molecule has 0 radical (unpaired) electrons. The van der Waals surface area contributed by atoms with Crippen LogP contribution in [0.15, 0.2) is 30.3 Å². The van der Waals surface area contributed by atoms with Crippen molar-refractivity contribution in [3.8, 4) is 0 Å². The quantitative estimate of drug-likeness (QED) is 0.629. The molecule has 0 aliphatic rings. The van der Waals surface area contributed by atoms with Gasteiger partial charge in [0.1, 0.15) is 5.60 Å². The van der Waals surface area contributed by atoms with E-state index in [2.05, 4.69) is 5.32 Å². The van der Waals surface area contributed by atoms with E-state index in [1.54, 1.807) is 6.92 Å². The molecule has 5 nitrogen and oxygen atoms in total. The average Bonchev–Trinajstić information content (AvgIpc) is 2.49. The van der Waals surface area contributed by atoms with Crippen LogP contribution in [0.5, 0.6) is 0 Å². The van der Waals surface area contributed by atoms with E-state index in [0.29, 0.717) is 19.6 Å². The van der Waals surface area contributed by atoms with Crippen LogP contribution in [0.25, 0.3) is 5.57 Å². The van der Waals surface area contributed by atoms with E-state index in [1.165, 1.54) is 6.08 Å². The van der Waals surface area contributed by atoms with Crippen molar-refractivity contribution in [2.24, 2.45) is 0 Å². The summed E-state index contributed by atoms with van der Waals surface area (Å²) in [5, 5.41) is 2.73. The lowest BCUT2D eigenvalue weighted by Crippen LogP contribution is -2.32. The number of nitrogens with one attached hydrogen (secondary N) is 1. The Bertz CT molecular complexity index is 600. The highest BCUT2D eigenvalue weighted by atomic mass is 16.6. The Kier molecular flexibility index (Phi) is 7.49. The molecule has 24 heavy (non-hydrogen) atoms. The van der Waals surface area contributed by atoms with Gasteiger partial charge in [0.2, 0.25) is 0 Å². The van der Waals surface area contributed by atoms with Crippen molar-refractivity contribution in [3.63, 3.8) is 0 Å². The molecule has 0 aliphatic heterocycles. The number of rotatable bonds is 6. The Morgan fingerprint density at radius 2 is 1.92 bits per heavy atom. The summed E-state index contributed by atoms with van der Waals surface area (Å²) in [7, 11) is 0. The highest BCUT2D eigenvalue weighted by Gasteiger charge is 2.15. The van der Waals surface area contributed by atoms with Gasteiger partial charge in [-0.25, -0.2) is 9.59 Å². The minimum absolute atomic E-state index is 0.341. The second kappa shape index (κ2) is 9.11. The van der Waals surface area contributed by atoms with Crippen LogP contribution >= 0.6 is 0 Å². The molecule has 0 bridgehead atoms. The van der Waals surface area contributed by atoms with Gasteiger partial charge >= 0.3 is 12.1 Å². The van der Waals surface area contributed by atoms with Crippen molar-refractivity contribution in [3.05, 3.63) is 41.5 Å². The molecule has 0 unspecified atom stereocenters. The van der Waals surface area contributed by atoms with Gasteiger partial charge in [-0.15, -0.1) is 0 Å². The molecule has 0 atom stereocenters. The SMILES string of the molecule is CCOC(=O)/C=C(\CC)c1cccc(CNC(=O)OC(C)(C)C)c1. The lowest BCUT2D eigenvalue weighted by molar-refractivity contribution is -0.137. The van der Waals surface area contributed by atoms with Crippen molar-refractivity contribution in [1.29, 1.82) is 0 Å². The van der Waals surface area contributed by atoms with Gasteiger partial charge in [-0.05, 0) is 56.9 Å². The summed E-state index contributed by atoms with van der Waals surface area (Å²) in [4.78, 5) is 23.4. The zero-order valence-electron chi connectivity index (χ0n) is 15.1. The number of carbonyl (C=O) groups is 2. The molecule has 0 heterocycles. The normalized spacial score (nSPS) is 11.8. The second-order valence-corrected chi connectivity index (χ2v) is 6.33. The number of benzene rings is 1. The molecule has 5 heteroatoms. The summed E-state index contributed by atoms with van der Waals surface area (Å²) >= 11 is 0. The molecule has 1 amide bonds. The summed E-state index contributed by atoms with van der Waals surface area (Å²) in [5.41, 5.74) is 2.24. The predicted molar refractivity (Wildman–Crippen MR) is 94.4 cm³/mol. The lowest BCUT2D eigenvalue weighted by Gasteiger charge is -2.19. The monoisotopic (exact) mass is 333 g/mol. The third-order valence-corrected chi connectivity index (χ3v) is 3.09. The Balaban J connectivity index is 2.78. The van der Waals surface area contributed by atoms with Gasteiger partial charge in [-0.2, -0.15) is 0 Å². The average molecular weight is 333 g/mol. The van der Waals surface area contributed by atoms with Gasteiger partial charge in [0.15, 0.2) is 0 Å². The van der Waals surface area contributed by atoms with Crippen LogP contribution in [0.1, 0.15) is 52.2 Å². The smallest absolute Gasteiger partial charge is 0.407 e. The van der Waals surface area contributed by atoms with Crippen LogP contribution in [0.3, 0.4) is 0 Å². The molecule has 1 aromatic rings. The highest BCUT2D eigenvalue weighted by Crippen LogP contribution is 2.19. The Labute approximate surface area is 144 Å². The number of carbonyl (C=O) groups excluding carboxylic acids is 2. The fourth-order valence-corrected chi connectivity index (χ4v) is 2.09. The minimum atomic E-state index is -0.524. The zero-order chi connectivity index (χ0) is 18.2. The maximum Gasteiger partial charge on any atom is 0.407 e. The number of amides is 1. The number of hydrogen-bond donors (Lipinski definition) is 1. The Morgan fingerprint density at radius 1 is 1.21 bits per heavy atom. The highest BCUT2D eigenvalue weighted by molar-refractivity contribution is 5.91. The Morgan fingerprint density at radius 3 is 2.50 bits per heavy atom. The first kappa shape index (κ1) is 19.7. The number of hydrogen-bond acceptors (Lipinski definition) is 4. The molecule has 0 saturated heterocycles. The third-order valence-electron chi connectivity index (χ3n) is 3.09. The van der Waals surface area contributed by atoms with Crippen LogP contribution in [-0.4, -0.2) is 24.3 Å². The van der Waals surface area contributed by atoms with Crippen LogP contribution in [0.2, 0.25) is 0 Å². The maximum atomic E-state index is 11.7. The van der Waals surface area contributed by atoms with Crippen molar-refractivity contribution < 1.29 is 19.1 Å². The zero-order valence-corrected chi connectivity index (χ0v) is 15.1. The van der Waals surface area contributed by atoms with E-state index in [-0.39, 0.29) is 5.97 Å². The van der Waals surface area contributed by atoms with E-state index in [9.17, 15) is 9.59 Å². The molecule has 1 rings (SSSR count). The van der Waals surface area contributed by atoms with Crippen LogP contribution < -0.4 is 5.32 Å². The predicted octanol–water partition coefficient (Wildman–Crippen LogP) is 4.07. The van der Waals surface area contributed by atoms with Crippen molar-refractivity contribution >= 4 is 17.6 Å². The van der Waals surface area contributed by atoms with E-state index >= 15 is 0 Å². The van der Waals surface area contributed by atoms with Gasteiger partial charge in [0.05, 0.1) is 6.61 Å². The topological polar surface area (TPSA) is 64.6 Å². The largest absolute Gasteiger partial charge is 0.463 e. The van der Waals surface area contributed by atoms with Gasteiger partial charge in [0, 0.05) is 12.6 Å². The number of allylic oxidation sites excluding steroid dienone is 1. The molecule has 0 aliphatic carbocycles. The standard InChI is InChI=1S/C19H27NO4/c1-6-15(12-17(21)23-7-2)16-10-8-9-14(11-16)13-20-18(22)24-19(3,4)5/h8-12H,6-7,13H2,1-5H3,(H,20,22)/b15-12+. The van der Waals surface area contributed by atoms with Gasteiger partial charge < -0.3 is 14.8 Å². The summed E-state index contributed by atoms with van der Waals surface area (Å²) in [6.45, 7) is 9.94. The third kappa shape index (κ3) is 7.31. The van der Waals surface area contributed by atoms with Gasteiger partial charge in [-0.1, -0.05) is 25.1 Å². The van der Waals surface area contributed by atoms with Gasteiger partial charge in [0.25, 0.3) is 0 Å². The number of alkyl carbamates (subject to hydrolysis) is 1. The molecule has 0 aromatic heterocycles. The first-order chi connectivity index (χ1) is 11.2. The molecule has 0 spiro atoms. The first-order valence-corrected chi connectivity index (χ1v) is 8.18. The second-order valence-electron chi connectivity index (χ2n) is 6.33. The molecule has 0 saturated carbocycles. The van der Waals surface area contributed by atoms with E-state index in [0.717, 1.165) is 16.7 Å². The summed E-state index contributed by atoms with van der Waals surface area (Å²) in [6.07, 6.45) is 1.77. The molecule has 1 N–H and O–H groups in total. The van der Waals surface area contributed by atoms with Crippen molar-refractivity contribution in [1.82, 2.24) is 5.32 Å². The van der Waals surface area contributed by atoms with E-state index in [1.807, 2.05) is 52.0 Å². The summed E-state index contributed by atoms with van der Waals surface area (Å²) in [5.74, 6) is -0.341. The minimum Gasteiger partial charge on any atom is -0.463 e. The van der Waals surface area contributed by atoms with E-state index < -0.39 is 11.7 Å². The molecule has 132 valence electrons. The van der Waals surface area contributed by atoms with E-state index in [4.69, 9.17) is 9.47 Å². The van der Waals surface area contributed by atoms with Gasteiger partial charge in [-0.3, -0.25) is 0 Å². The fraction of sp³-hybridized carbons (Fsp3) is 0.474. The fourth-order valence-electron chi connectivity index (χ4n) is 2.09. The Hall–Kier alpha value is -2.30. The first-order valence-electron chi connectivity index (χ1n) is 8.18. The number of ether oxygens (including phenoxy) is 2. The molecular formula is C19H27NO4. The number of esters is 1. The van der Waals surface area contributed by atoms with Crippen LogP contribution in [-0.2, 0) is 20.8 Å². The molecule has 1 aromatic carbocycles. The summed E-state index contributed by atoms with van der Waals surface area (Å²) < 4.78 is 10.2. The van der Waals surface area contributed by atoms with Crippen LogP contribution in [0.4, 0.5) is 4.79 Å². The van der Waals surface area contributed by atoms with Crippen molar-refractivity contribution in [2.75, 3.05) is 6.61 Å². The van der Waals surface area contributed by atoms with Crippen molar-refractivity contribution in [2.45, 2.75) is 53.2 Å². The summed E-state index contributed by atoms with van der Waals surface area (Å²) in [6, 6.07) is 7.70.